The second-order valence-electron chi connectivity index (χ2n) is 14.9. The Kier molecular flexibility index (Phi) is 15.5. The number of carbonyl (C=O) groups is 4. The Balaban J connectivity index is 0.000000205. The summed E-state index contributed by atoms with van der Waals surface area (Å²) < 4.78 is 93.7. The van der Waals surface area contributed by atoms with Gasteiger partial charge in [0.15, 0.2) is 18.3 Å². The van der Waals surface area contributed by atoms with Crippen molar-refractivity contribution in [2.24, 2.45) is 0 Å². The molecule has 23 heteroatoms. The predicted molar refractivity (Wildman–Crippen MR) is 243 cm³/mol. The van der Waals surface area contributed by atoms with E-state index in [1.54, 1.807) is 24.3 Å². The maximum Gasteiger partial charge on any atom is 0.333 e. The van der Waals surface area contributed by atoms with Gasteiger partial charge in [-0.25, -0.2) is 8.78 Å². The summed E-state index contributed by atoms with van der Waals surface area (Å²) in [7, 11) is -0.325. The fraction of sp³-hybridized carbons (Fsp3) is 0.261. The summed E-state index contributed by atoms with van der Waals surface area (Å²) in [5.74, 6) is -3.77. The number of phenolic OH excluding ortho intramolecular Hbond substituents is 1. The lowest BCUT2D eigenvalue weighted by Crippen LogP contribution is -2.29. The average Bonchev–Trinajstić information content (AvgIpc) is 3.76. The number of phenols is 1. The van der Waals surface area contributed by atoms with Crippen LogP contribution < -0.4 is 14.2 Å². The molecule has 8 rings (SSSR count). The van der Waals surface area contributed by atoms with Crippen molar-refractivity contribution >= 4 is 60.6 Å². The number of imide groups is 2. The molecule has 0 saturated carbocycles. The van der Waals surface area contributed by atoms with Crippen molar-refractivity contribution in [3.8, 4) is 23.0 Å². The molecule has 6 aromatic rings. The topological polar surface area (TPSA) is 229 Å². The minimum absolute atomic E-state index is 0.0154. The van der Waals surface area contributed by atoms with Gasteiger partial charge >= 0.3 is 15.2 Å². The molecule has 4 amide bonds. The quantitative estimate of drug-likeness (QED) is 0.0464. The highest BCUT2D eigenvalue weighted by Crippen LogP contribution is 2.49. The third kappa shape index (κ3) is 10.2. The monoisotopic (exact) mass is 992 g/mol. The first-order valence-electron chi connectivity index (χ1n) is 20.7. The minimum atomic E-state index is -3.39. The fourth-order valence-electron chi connectivity index (χ4n) is 7.48. The number of ether oxygens (including phenoxy) is 4. The van der Waals surface area contributed by atoms with Crippen molar-refractivity contribution in [2.75, 3.05) is 67.9 Å². The van der Waals surface area contributed by atoms with Gasteiger partial charge in [-0.2, -0.15) is 0 Å². The third-order valence-electron chi connectivity index (χ3n) is 11.0. The van der Waals surface area contributed by atoms with Gasteiger partial charge in [0, 0.05) is 58.7 Å². The molecule has 2 aromatic heterocycles. The van der Waals surface area contributed by atoms with E-state index >= 15 is 0 Å². The summed E-state index contributed by atoms with van der Waals surface area (Å²) in [6, 6.07) is 17.3. The van der Waals surface area contributed by atoms with Crippen LogP contribution in [0, 0.1) is 11.6 Å². The summed E-state index contributed by atoms with van der Waals surface area (Å²) in [6.45, 7) is -0.699. The fourth-order valence-corrected chi connectivity index (χ4v) is 9.14. The molecule has 362 valence electrons. The van der Waals surface area contributed by atoms with Gasteiger partial charge in [-0.1, -0.05) is 24.3 Å². The Hall–Kier alpha value is -6.70. The molecule has 2 aliphatic heterocycles. The van der Waals surface area contributed by atoms with Gasteiger partial charge in [-0.3, -0.25) is 48.1 Å². The number of halogens is 2. The number of aromatic hydroxyl groups is 1. The van der Waals surface area contributed by atoms with Crippen LogP contribution in [-0.2, 0) is 45.1 Å². The van der Waals surface area contributed by atoms with Crippen LogP contribution in [0.2, 0.25) is 0 Å². The summed E-state index contributed by atoms with van der Waals surface area (Å²) in [5, 5.41) is 11.5. The molecule has 0 bridgehead atoms. The molecule has 19 nitrogen and oxygen atoms in total. The van der Waals surface area contributed by atoms with Gasteiger partial charge in [0.2, 0.25) is 0 Å². The van der Waals surface area contributed by atoms with E-state index in [9.17, 15) is 42.2 Å². The average molecular weight is 993 g/mol. The molecular formula is C46H44F2N4O15P2. The van der Waals surface area contributed by atoms with Crippen molar-refractivity contribution < 1.29 is 79.2 Å². The number of methoxy groups -OCH3 is 1. The molecule has 0 atom stereocenters. The lowest BCUT2D eigenvalue weighted by molar-refractivity contribution is 0.0504. The van der Waals surface area contributed by atoms with Gasteiger partial charge in [0.05, 0.1) is 49.8 Å². The zero-order valence-corrected chi connectivity index (χ0v) is 39.4. The van der Waals surface area contributed by atoms with E-state index < -0.39 is 56.2 Å². The molecule has 1 N–H and O–H groups in total. The molecule has 0 unspecified atom stereocenters. The first-order valence-corrected chi connectivity index (χ1v) is 24.2. The Morgan fingerprint density at radius 1 is 0.536 bits per heavy atom. The number of hydrogen-bond donors (Lipinski definition) is 1. The zero-order valence-electron chi connectivity index (χ0n) is 37.6. The lowest BCUT2D eigenvalue weighted by atomic mass is 10.0. The van der Waals surface area contributed by atoms with Crippen molar-refractivity contribution in [3.63, 3.8) is 0 Å². The van der Waals surface area contributed by atoms with E-state index in [1.165, 1.54) is 96.5 Å². The van der Waals surface area contributed by atoms with Gasteiger partial charge in [0.25, 0.3) is 23.6 Å². The van der Waals surface area contributed by atoms with Crippen LogP contribution in [0.1, 0.15) is 52.6 Å². The molecular weight excluding hydrogens is 948 g/mol. The lowest BCUT2D eigenvalue weighted by Gasteiger charge is -2.18. The van der Waals surface area contributed by atoms with Crippen molar-refractivity contribution in [1.29, 1.82) is 0 Å². The van der Waals surface area contributed by atoms with Gasteiger partial charge < -0.3 is 42.1 Å². The Morgan fingerprint density at radius 3 is 1.36 bits per heavy atom. The largest absolute Gasteiger partial charge is 0.505 e. The minimum Gasteiger partial charge on any atom is -0.505 e. The van der Waals surface area contributed by atoms with Crippen LogP contribution in [0.3, 0.4) is 0 Å². The molecule has 2 aliphatic rings. The van der Waals surface area contributed by atoms with Crippen molar-refractivity contribution in [2.45, 2.75) is 13.1 Å². The highest BCUT2D eigenvalue weighted by atomic mass is 31.2. The summed E-state index contributed by atoms with van der Waals surface area (Å²) in [4.78, 5) is 64.0. The maximum atomic E-state index is 13.6. The molecule has 0 radical (unpaired) electrons. The number of aromatic nitrogens is 2. The first-order chi connectivity index (χ1) is 33.1. The molecule has 4 heterocycles. The normalized spacial score (nSPS) is 13.5. The number of nitrogens with zero attached hydrogens (tertiary/aromatic N) is 4. The van der Waals surface area contributed by atoms with E-state index in [0.717, 1.165) is 9.80 Å². The standard InChI is InChI=1S/C24H24FN2O8P.C22H20FN2O7P/c1-31-14-35-22-19-18(23(28)27(24(19)29)13-15-6-8-16(25)9-7-15)21(17-5-4-10-26-20(17)22)34-11-12-36(30,32-2)33-3;1-30-33(29,31-2)11-10-32-20-15-4-3-9-24-18(15)19(26)16-17(20)22(28)25(21(16)27)12-13-5-7-14(23)8-6-13/h4-10H,11-14H2,1-3H3;3-9,26H,10-12H2,1-2H3. The van der Waals surface area contributed by atoms with Crippen LogP contribution in [0.5, 0.6) is 23.0 Å². The van der Waals surface area contributed by atoms with Crippen LogP contribution in [0.25, 0.3) is 21.8 Å². The van der Waals surface area contributed by atoms with Crippen LogP contribution in [0.4, 0.5) is 8.78 Å². The predicted octanol–water partition coefficient (Wildman–Crippen LogP) is 7.76. The van der Waals surface area contributed by atoms with E-state index in [0.29, 0.717) is 21.9 Å². The summed E-state index contributed by atoms with van der Waals surface area (Å²) in [6.07, 6.45) is 2.73. The number of amides is 4. The van der Waals surface area contributed by atoms with Crippen LogP contribution in [-0.4, -0.2) is 116 Å². The van der Waals surface area contributed by atoms with Crippen molar-refractivity contribution in [1.82, 2.24) is 19.8 Å². The highest BCUT2D eigenvalue weighted by molar-refractivity contribution is 7.54. The molecule has 0 aliphatic carbocycles. The van der Waals surface area contributed by atoms with Gasteiger partial charge in [0.1, 0.15) is 45.3 Å². The number of hydrogen-bond acceptors (Lipinski definition) is 17. The molecule has 0 fully saturated rings. The second kappa shape index (κ2) is 21.3. The maximum absolute atomic E-state index is 13.6. The first kappa shape index (κ1) is 50.2. The number of benzene rings is 4. The number of rotatable bonds is 19. The number of pyridine rings is 2. The SMILES string of the molecule is COCOc1c2c(c(OCCP(=O)(OC)OC)c3cccnc13)C(=O)N(Cc1ccc(F)cc1)C2=O.COP(=O)(CCOc1c2c(c(O)c3ncccc13)C(=O)N(Cc1ccc(F)cc1)C2=O)OC. The van der Waals surface area contributed by atoms with E-state index in [1.807, 2.05) is 0 Å². The van der Waals surface area contributed by atoms with Gasteiger partial charge in [-0.15, -0.1) is 0 Å². The van der Waals surface area contributed by atoms with Crippen molar-refractivity contribution in [3.05, 3.63) is 130 Å². The molecule has 69 heavy (non-hydrogen) atoms. The van der Waals surface area contributed by atoms with Crippen LogP contribution in [0.15, 0.2) is 85.2 Å². The summed E-state index contributed by atoms with van der Waals surface area (Å²) in [5.41, 5.74) is 1.05. The van der Waals surface area contributed by atoms with Crippen LogP contribution >= 0.6 is 15.2 Å². The highest BCUT2D eigenvalue weighted by Gasteiger charge is 2.44. The Bertz CT molecular complexity index is 3040. The van der Waals surface area contributed by atoms with E-state index in [4.69, 9.17) is 37.0 Å². The number of fused-ring (bicyclic) bond motifs is 4. The third-order valence-corrected chi connectivity index (χ3v) is 14.6. The summed E-state index contributed by atoms with van der Waals surface area (Å²) >= 11 is 0. The molecule has 0 saturated heterocycles. The molecule has 4 aromatic carbocycles. The van der Waals surface area contributed by atoms with E-state index in [2.05, 4.69) is 9.97 Å². The Labute approximate surface area is 392 Å². The number of carbonyl (C=O) groups excluding carboxylic acids is 4. The van der Waals surface area contributed by atoms with E-state index in [-0.39, 0.29) is 96.0 Å². The Morgan fingerprint density at radius 2 is 0.928 bits per heavy atom. The second-order valence-corrected chi connectivity index (χ2v) is 19.7. The van der Waals surface area contributed by atoms with Gasteiger partial charge in [-0.05, 0) is 59.7 Å². The molecule has 0 spiro atoms. The smallest absolute Gasteiger partial charge is 0.333 e. The zero-order chi connectivity index (χ0) is 49.6.